The van der Waals surface area contributed by atoms with E-state index in [0.29, 0.717) is 12.5 Å². The molecule has 0 bridgehead atoms. The number of rotatable bonds is 6. The molecule has 1 aromatic heterocycles. The maximum absolute atomic E-state index is 5.69. The topological polar surface area (TPSA) is 29.3 Å². The Kier molecular flexibility index (Phi) is 5.14. The average molecular weight is 274 g/mol. The van der Waals surface area contributed by atoms with Gasteiger partial charge in [0.2, 0.25) is 0 Å². The van der Waals surface area contributed by atoms with Crippen molar-refractivity contribution in [1.29, 1.82) is 0 Å². The summed E-state index contributed by atoms with van der Waals surface area (Å²) < 4.78 is 0. The second-order valence-electron chi connectivity index (χ2n) is 5.18. The highest BCUT2D eigenvalue weighted by atomic mass is 32.1. The van der Waals surface area contributed by atoms with E-state index in [4.69, 9.17) is 5.73 Å². The lowest BCUT2D eigenvalue weighted by molar-refractivity contribution is 0.319. The molecule has 0 radical (unpaired) electrons. The fourth-order valence-corrected chi connectivity index (χ4v) is 2.81. The molecule has 0 amide bonds. The molecule has 2 nitrogen and oxygen atoms in total. The van der Waals surface area contributed by atoms with E-state index in [0.717, 1.165) is 13.1 Å². The minimum atomic E-state index is 0.442. The third-order valence-electron chi connectivity index (χ3n) is 3.39. The van der Waals surface area contributed by atoms with Crippen molar-refractivity contribution >= 4 is 11.3 Å². The van der Waals surface area contributed by atoms with E-state index in [1.165, 1.54) is 16.7 Å². The monoisotopic (exact) mass is 274 g/mol. The first-order valence-corrected chi connectivity index (χ1v) is 7.62. The highest BCUT2D eigenvalue weighted by Gasteiger charge is 2.05. The van der Waals surface area contributed by atoms with Gasteiger partial charge in [-0.1, -0.05) is 31.2 Å². The van der Waals surface area contributed by atoms with Gasteiger partial charge in [0, 0.05) is 13.1 Å². The molecule has 3 heteroatoms. The quantitative estimate of drug-likeness (QED) is 0.874. The number of hydrogen-bond donors (Lipinski definition) is 1. The molecule has 1 atom stereocenters. The predicted molar refractivity (Wildman–Crippen MR) is 83.4 cm³/mol. The molecular formula is C16H22N2S. The van der Waals surface area contributed by atoms with E-state index in [1.54, 1.807) is 11.3 Å². The smallest absolute Gasteiger partial charge is 0.0242 e. The van der Waals surface area contributed by atoms with Crippen LogP contribution in [0.25, 0.3) is 0 Å². The van der Waals surface area contributed by atoms with E-state index in [-0.39, 0.29) is 0 Å². The van der Waals surface area contributed by atoms with Crippen molar-refractivity contribution in [3.05, 3.63) is 57.8 Å². The molecule has 0 saturated carbocycles. The molecule has 19 heavy (non-hydrogen) atoms. The summed E-state index contributed by atoms with van der Waals surface area (Å²) in [4.78, 5) is 2.34. The zero-order valence-corrected chi connectivity index (χ0v) is 12.5. The SMILES string of the molecule is CC(CN)c1ccc(CN(C)Cc2ccsc2)cc1. The van der Waals surface area contributed by atoms with E-state index >= 15 is 0 Å². The maximum atomic E-state index is 5.69. The van der Waals surface area contributed by atoms with Crippen LogP contribution in [0.4, 0.5) is 0 Å². The van der Waals surface area contributed by atoms with Crippen LogP contribution in [-0.4, -0.2) is 18.5 Å². The van der Waals surface area contributed by atoms with Crippen LogP contribution in [0.1, 0.15) is 29.5 Å². The zero-order chi connectivity index (χ0) is 13.7. The Morgan fingerprint density at radius 1 is 1.11 bits per heavy atom. The zero-order valence-electron chi connectivity index (χ0n) is 11.7. The first kappa shape index (κ1) is 14.3. The molecule has 1 unspecified atom stereocenters. The normalized spacial score (nSPS) is 12.8. The van der Waals surface area contributed by atoms with Gasteiger partial charge in [-0.25, -0.2) is 0 Å². The predicted octanol–water partition coefficient (Wildman–Crippen LogP) is 3.44. The van der Waals surface area contributed by atoms with Crippen LogP contribution in [0, 0.1) is 0 Å². The van der Waals surface area contributed by atoms with Gasteiger partial charge < -0.3 is 5.73 Å². The molecule has 2 rings (SSSR count). The molecule has 1 heterocycles. The van der Waals surface area contributed by atoms with Gasteiger partial charge in [-0.2, -0.15) is 11.3 Å². The van der Waals surface area contributed by atoms with Crippen molar-refractivity contribution in [3.63, 3.8) is 0 Å². The molecule has 2 aromatic rings. The Morgan fingerprint density at radius 2 is 1.79 bits per heavy atom. The molecule has 0 saturated heterocycles. The fourth-order valence-electron chi connectivity index (χ4n) is 2.15. The van der Waals surface area contributed by atoms with Crippen molar-refractivity contribution < 1.29 is 0 Å². The Balaban J connectivity index is 1.92. The largest absolute Gasteiger partial charge is 0.330 e. The van der Waals surface area contributed by atoms with E-state index in [2.05, 4.69) is 60.0 Å². The van der Waals surface area contributed by atoms with Crippen molar-refractivity contribution in [2.75, 3.05) is 13.6 Å². The summed E-state index contributed by atoms with van der Waals surface area (Å²) in [5.74, 6) is 0.442. The van der Waals surface area contributed by atoms with Gasteiger partial charge >= 0.3 is 0 Å². The van der Waals surface area contributed by atoms with E-state index in [1.807, 2.05) is 0 Å². The first-order chi connectivity index (χ1) is 9.19. The molecule has 0 aliphatic heterocycles. The standard InChI is InChI=1S/C16H22N2S/c1-13(9-17)16-5-3-14(4-6-16)10-18(2)11-15-7-8-19-12-15/h3-8,12-13H,9-11,17H2,1-2H3. The summed E-state index contributed by atoms with van der Waals surface area (Å²) in [5.41, 5.74) is 9.76. The van der Waals surface area contributed by atoms with E-state index < -0.39 is 0 Å². The van der Waals surface area contributed by atoms with Gasteiger partial charge in [0.15, 0.2) is 0 Å². The third-order valence-corrected chi connectivity index (χ3v) is 4.12. The molecule has 0 aliphatic carbocycles. The number of nitrogens with zero attached hydrogens (tertiary/aromatic N) is 1. The lowest BCUT2D eigenvalue weighted by Gasteiger charge is -2.17. The van der Waals surface area contributed by atoms with Crippen LogP contribution in [0.5, 0.6) is 0 Å². The number of hydrogen-bond acceptors (Lipinski definition) is 3. The summed E-state index contributed by atoms with van der Waals surface area (Å²) in [5, 5.41) is 4.34. The van der Waals surface area contributed by atoms with Gasteiger partial charge in [0.25, 0.3) is 0 Å². The summed E-state index contributed by atoms with van der Waals surface area (Å²) in [7, 11) is 2.16. The van der Waals surface area contributed by atoms with Gasteiger partial charge in [-0.15, -0.1) is 0 Å². The minimum Gasteiger partial charge on any atom is -0.330 e. The number of thiophene rings is 1. The molecular weight excluding hydrogens is 252 g/mol. The summed E-state index contributed by atoms with van der Waals surface area (Å²) in [6, 6.07) is 11.0. The maximum Gasteiger partial charge on any atom is 0.0242 e. The van der Waals surface area contributed by atoms with Crippen LogP contribution >= 0.6 is 11.3 Å². The van der Waals surface area contributed by atoms with Gasteiger partial charge in [-0.05, 0) is 53.0 Å². The van der Waals surface area contributed by atoms with Crippen LogP contribution < -0.4 is 5.73 Å². The Labute approximate surface area is 119 Å². The van der Waals surface area contributed by atoms with Crippen molar-refractivity contribution in [2.24, 2.45) is 5.73 Å². The van der Waals surface area contributed by atoms with Crippen molar-refractivity contribution in [1.82, 2.24) is 4.90 Å². The molecule has 1 aromatic carbocycles. The van der Waals surface area contributed by atoms with Crippen molar-refractivity contribution in [3.8, 4) is 0 Å². The van der Waals surface area contributed by atoms with Crippen LogP contribution in [0.15, 0.2) is 41.1 Å². The summed E-state index contributed by atoms with van der Waals surface area (Å²) >= 11 is 1.76. The Bertz CT molecular complexity index is 476. The Morgan fingerprint density at radius 3 is 2.37 bits per heavy atom. The highest BCUT2D eigenvalue weighted by Crippen LogP contribution is 2.16. The van der Waals surface area contributed by atoms with E-state index in [9.17, 15) is 0 Å². The minimum absolute atomic E-state index is 0.442. The molecule has 2 N–H and O–H groups in total. The average Bonchev–Trinajstić information content (AvgIpc) is 2.91. The van der Waals surface area contributed by atoms with Gasteiger partial charge in [0.1, 0.15) is 0 Å². The van der Waals surface area contributed by atoms with Crippen LogP contribution in [0.3, 0.4) is 0 Å². The molecule has 0 aliphatic rings. The summed E-state index contributed by atoms with van der Waals surface area (Å²) in [6.07, 6.45) is 0. The second-order valence-corrected chi connectivity index (χ2v) is 5.96. The molecule has 0 fully saturated rings. The highest BCUT2D eigenvalue weighted by molar-refractivity contribution is 7.07. The van der Waals surface area contributed by atoms with Gasteiger partial charge in [-0.3, -0.25) is 4.90 Å². The first-order valence-electron chi connectivity index (χ1n) is 6.67. The van der Waals surface area contributed by atoms with Crippen LogP contribution in [0.2, 0.25) is 0 Å². The van der Waals surface area contributed by atoms with Crippen LogP contribution in [-0.2, 0) is 13.1 Å². The molecule has 102 valence electrons. The van der Waals surface area contributed by atoms with Crippen molar-refractivity contribution in [2.45, 2.75) is 25.9 Å². The third kappa shape index (κ3) is 4.16. The Hall–Kier alpha value is -1.16. The number of benzene rings is 1. The fraction of sp³-hybridized carbons (Fsp3) is 0.375. The lowest BCUT2D eigenvalue weighted by Crippen LogP contribution is -2.17. The molecule has 0 spiro atoms. The van der Waals surface area contributed by atoms with Gasteiger partial charge in [0.05, 0.1) is 0 Å². The number of nitrogens with two attached hydrogens (primary N) is 1. The second kappa shape index (κ2) is 6.85. The lowest BCUT2D eigenvalue weighted by atomic mass is 10.00. The summed E-state index contributed by atoms with van der Waals surface area (Å²) in [6.45, 7) is 4.85.